The van der Waals surface area contributed by atoms with Crippen molar-refractivity contribution in [3.63, 3.8) is 0 Å². The van der Waals surface area contributed by atoms with Gasteiger partial charge in [-0.05, 0) is 58.8 Å². The van der Waals surface area contributed by atoms with E-state index in [4.69, 9.17) is 9.40 Å². The molecule has 0 fully saturated rings. The summed E-state index contributed by atoms with van der Waals surface area (Å²) in [5, 5.41) is 5.75. The Morgan fingerprint density at radius 2 is 1.23 bits per heavy atom. The van der Waals surface area contributed by atoms with Gasteiger partial charge in [0, 0.05) is 44.4 Å². The molecule has 0 bridgehead atoms. The molecule has 10 rings (SSSR count). The van der Waals surface area contributed by atoms with Gasteiger partial charge in [0.05, 0.1) is 16.3 Å². The Balaban J connectivity index is 1.24. The molecule has 0 spiro atoms. The van der Waals surface area contributed by atoms with Crippen molar-refractivity contribution in [2.24, 2.45) is 0 Å². The van der Waals surface area contributed by atoms with Gasteiger partial charge in [0.15, 0.2) is 0 Å². The van der Waals surface area contributed by atoms with E-state index in [0.29, 0.717) is 0 Å². The van der Waals surface area contributed by atoms with Crippen LogP contribution in [0.2, 0.25) is 0 Å². The summed E-state index contributed by atoms with van der Waals surface area (Å²) in [5.74, 6) is 0. The van der Waals surface area contributed by atoms with Gasteiger partial charge in [-0.1, -0.05) is 115 Å². The van der Waals surface area contributed by atoms with Crippen LogP contribution in [-0.4, -0.2) is 4.98 Å². The number of rotatable bonds is 5. The predicted molar refractivity (Wildman–Crippen MR) is 197 cm³/mol. The molecule has 220 valence electrons. The van der Waals surface area contributed by atoms with Crippen molar-refractivity contribution in [3.05, 3.63) is 158 Å². The zero-order valence-electron chi connectivity index (χ0n) is 25.2. The Labute approximate surface area is 275 Å². The van der Waals surface area contributed by atoms with Crippen molar-refractivity contribution >= 4 is 61.1 Å². The third kappa shape index (κ3) is 4.09. The summed E-state index contributed by atoms with van der Waals surface area (Å²) in [6.45, 7) is 0. The van der Waals surface area contributed by atoms with Crippen LogP contribution in [0.3, 0.4) is 0 Å². The fourth-order valence-corrected chi connectivity index (χ4v) is 8.23. The van der Waals surface area contributed by atoms with Gasteiger partial charge in [-0.2, -0.15) is 0 Å². The van der Waals surface area contributed by atoms with Crippen LogP contribution >= 0.6 is 11.3 Å². The Kier molecular flexibility index (Phi) is 5.74. The van der Waals surface area contributed by atoms with Crippen LogP contribution in [0, 0.1) is 0 Å². The van der Waals surface area contributed by atoms with Crippen LogP contribution in [-0.2, 0) is 0 Å². The lowest BCUT2D eigenvalue weighted by molar-refractivity contribution is 0.669. The zero-order chi connectivity index (χ0) is 30.9. The molecule has 7 aromatic carbocycles. The molecule has 2 aromatic heterocycles. The van der Waals surface area contributed by atoms with Gasteiger partial charge >= 0.3 is 0 Å². The van der Waals surface area contributed by atoms with Gasteiger partial charge in [-0.15, -0.1) is 11.3 Å². The maximum atomic E-state index is 6.25. The monoisotopic (exact) mass is 618 g/mol. The minimum absolute atomic E-state index is 0.885. The smallest absolute Gasteiger partial charge is 0.135 e. The predicted octanol–water partition coefficient (Wildman–Crippen LogP) is 12.6. The van der Waals surface area contributed by atoms with Crippen LogP contribution in [0.1, 0.15) is 0 Å². The second-order valence-electron chi connectivity index (χ2n) is 12.0. The van der Waals surface area contributed by atoms with Crippen LogP contribution in [0.5, 0.6) is 0 Å². The molecule has 9 aromatic rings. The first-order valence-electron chi connectivity index (χ1n) is 15.8. The largest absolute Gasteiger partial charge is 0.456 e. The molecule has 47 heavy (non-hydrogen) atoms. The van der Waals surface area contributed by atoms with Crippen molar-refractivity contribution in [1.29, 1.82) is 0 Å². The summed E-state index contributed by atoms with van der Waals surface area (Å²) in [6.07, 6.45) is 0. The van der Waals surface area contributed by atoms with E-state index in [1.807, 2.05) is 12.1 Å². The average molecular weight is 619 g/mol. The standard InChI is InChI=1S/C43H26N2OS/c1-3-12-27(13-4-1)32-17-7-9-20-37(32)45(30-22-23-39-35(25-30)33-18-8-10-21-38(33)46-39)31-24-29-16-11-19-34-40(29)36(26-31)42-41(34)44-43(47-42)28-14-5-2-6-15-28/h1-26H. The highest BCUT2D eigenvalue weighted by Gasteiger charge is 2.28. The molecule has 1 aliphatic carbocycles. The highest BCUT2D eigenvalue weighted by molar-refractivity contribution is 7.19. The SMILES string of the molecule is c1ccc(-c2nc3c(s2)-c2cc(N(c4ccc5oc6ccccc6c5c4)c4ccccc4-c4ccccc4)cc4cccc-3c24)cc1. The highest BCUT2D eigenvalue weighted by Crippen LogP contribution is 2.54. The van der Waals surface area contributed by atoms with Crippen molar-refractivity contribution < 1.29 is 4.42 Å². The van der Waals surface area contributed by atoms with E-state index >= 15 is 0 Å². The number of benzene rings is 7. The molecule has 0 radical (unpaired) electrons. The molecule has 0 saturated heterocycles. The lowest BCUT2D eigenvalue weighted by Crippen LogP contribution is -2.11. The summed E-state index contributed by atoms with van der Waals surface area (Å²) >= 11 is 1.78. The third-order valence-electron chi connectivity index (χ3n) is 9.22. The molecule has 0 aliphatic heterocycles. The van der Waals surface area contributed by atoms with Crippen molar-refractivity contribution in [2.75, 3.05) is 4.90 Å². The Hall–Kier alpha value is -5.97. The number of aromatic nitrogens is 1. The molecule has 1 aliphatic rings. The number of anilines is 3. The van der Waals surface area contributed by atoms with Gasteiger partial charge in [0.2, 0.25) is 0 Å². The zero-order valence-corrected chi connectivity index (χ0v) is 26.0. The molecule has 0 atom stereocenters. The van der Waals surface area contributed by atoms with E-state index in [-0.39, 0.29) is 0 Å². The highest BCUT2D eigenvalue weighted by atomic mass is 32.1. The van der Waals surface area contributed by atoms with E-state index in [2.05, 4.69) is 150 Å². The van der Waals surface area contributed by atoms with Gasteiger partial charge in [-0.3, -0.25) is 0 Å². The molecular weight excluding hydrogens is 593 g/mol. The minimum Gasteiger partial charge on any atom is -0.456 e. The van der Waals surface area contributed by atoms with Crippen LogP contribution in [0.4, 0.5) is 17.1 Å². The summed E-state index contributed by atoms with van der Waals surface area (Å²) in [4.78, 5) is 8.83. The first-order valence-corrected chi connectivity index (χ1v) is 16.6. The maximum absolute atomic E-state index is 6.25. The van der Waals surface area contributed by atoms with E-state index in [0.717, 1.165) is 55.3 Å². The molecule has 4 heteroatoms. The fourth-order valence-electron chi connectivity index (χ4n) is 7.12. The van der Waals surface area contributed by atoms with Crippen LogP contribution in [0.15, 0.2) is 162 Å². The molecule has 0 N–H and O–H groups in total. The minimum atomic E-state index is 0.885. The second kappa shape index (κ2) is 10.3. The maximum Gasteiger partial charge on any atom is 0.135 e. The van der Waals surface area contributed by atoms with Gasteiger partial charge in [0.1, 0.15) is 16.2 Å². The molecule has 0 amide bonds. The second-order valence-corrected chi connectivity index (χ2v) is 13.0. The number of thiazole rings is 1. The Morgan fingerprint density at radius 1 is 0.511 bits per heavy atom. The first kappa shape index (κ1) is 26.3. The number of nitrogens with zero attached hydrogens (tertiary/aromatic N) is 2. The molecule has 0 unspecified atom stereocenters. The number of furan rings is 1. The Bertz CT molecular complexity index is 2640. The topological polar surface area (TPSA) is 29.3 Å². The molecule has 3 nitrogen and oxygen atoms in total. The van der Waals surface area contributed by atoms with E-state index in [1.165, 1.54) is 37.9 Å². The normalized spacial score (nSPS) is 11.8. The van der Waals surface area contributed by atoms with Crippen LogP contribution in [0.25, 0.3) is 76.1 Å². The van der Waals surface area contributed by atoms with Crippen LogP contribution < -0.4 is 4.90 Å². The molecular formula is C43H26N2OS. The van der Waals surface area contributed by atoms with Gasteiger partial charge in [-0.25, -0.2) is 4.98 Å². The quantitative estimate of drug-likeness (QED) is 0.192. The fraction of sp³-hybridized carbons (Fsp3) is 0. The molecule has 2 heterocycles. The summed E-state index contributed by atoms with van der Waals surface area (Å²) in [7, 11) is 0. The van der Waals surface area contributed by atoms with E-state index in [1.54, 1.807) is 11.3 Å². The third-order valence-corrected chi connectivity index (χ3v) is 10.4. The van der Waals surface area contributed by atoms with Crippen molar-refractivity contribution in [2.45, 2.75) is 0 Å². The van der Waals surface area contributed by atoms with Gasteiger partial charge < -0.3 is 9.32 Å². The number of hydrogen-bond donors (Lipinski definition) is 0. The summed E-state index contributed by atoms with van der Waals surface area (Å²) in [5.41, 5.74) is 12.1. The first-order chi connectivity index (χ1) is 23.3. The number of para-hydroxylation sites is 2. The van der Waals surface area contributed by atoms with Crippen molar-refractivity contribution in [1.82, 2.24) is 4.98 Å². The van der Waals surface area contributed by atoms with Crippen molar-refractivity contribution in [3.8, 4) is 43.4 Å². The average Bonchev–Trinajstić information content (AvgIpc) is 3.82. The number of fused-ring (bicyclic) bond motifs is 6. The summed E-state index contributed by atoms with van der Waals surface area (Å²) in [6, 6.07) is 56.0. The lowest BCUT2D eigenvalue weighted by atomic mass is 9.99. The lowest BCUT2D eigenvalue weighted by Gasteiger charge is -2.28. The Morgan fingerprint density at radius 3 is 2.11 bits per heavy atom. The number of hydrogen-bond acceptors (Lipinski definition) is 4. The van der Waals surface area contributed by atoms with E-state index in [9.17, 15) is 0 Å². The summed E-state index contributed by atoms with van der Waals surface area (Å²) < 4.78 is 6.25. The van der Waals surface area contributed by atoms with Gasteiger partial charge in [0.25, 0.3) is 0 Å². The van der Waals surface area contributed by atoms with E-state index < -0.39 is 0 Å². The molecule has 0 saturated carbocycles.